The van der Waals surface area contributed by atoms with Crippen molar-refractivity contribution in [1.29, 1.82) is 0 Å². The molecule has 2 amide bonds. The van der Waals surface area contributed by atoms with E-state index < -0.39 is 0 Å². The SMILES string of the molecule is O=C1C=CC(=O)N1c1ccc2c(c1)[C@@H](Br)c1ccccc1-2. The highest BCUT2D eigenvalue weighted by atomic mass is 79.9. The fourth-order valence-corrected chi connectivity index (χ4v) is 3.71. The van der Waals surface area contributed by atoms with Crippen LogP contribution in [0.2, 0.25) is 0 Å². The minimum absolute atomic E-state index is 0.0874. The number of hydrogen-bond acceptors (Lipinski definition) is 2. The summed E-state index contributed by atoms with van der Waals surface area (Å²) in [4.78, 5) is 24.9. The molecule has 0 radical (unpaired) electrons. The highest BCUT2D eigenvalue weighted by Gasteiger charge is 2.30. The molecule has 0 aromatic heterocycles. The minimum Gasteiger partial charge on any atom is -0.269 e. The number of hydrogen-bond donors (Lipinski definition) is 0. The number of fused-ring (bicyclic) bond motifs is 3. The van der Waals surface area contributed by atoms with Crippen molar-refractivity contribution in [3.05, 3.63) is 65.7 Å². The molecule has 0 spiro atoms. The molecule has 2 aliphatic rings. The molecule has 1 aliphatic carbocycles. The number of carbonyl (C=O) groups is 2. The van der Waals surface area contributed by atoms with Crippen LogP contribution < -0.4 is 4.90 Å². The fourth-order valence-electron chi connectivity index (χ4n) is 2.93. The van der Waals surface area contributed by atoms with Gasteiger partial charge in [-0.15, -0.1) is 0 Å². The van der Waals surface area contributed by atoms with Crippen LogP contribution in [-0.2, 0) is 9.59 Å². The second kappa shape index (κ2) is 4.40. The lowest BCUT2D eigenvalue weighted by Crippen LogP contribution is -2.29. The van der Waals surface area contributed by atoms with Crippen molar-refractivity contribution < 1.29 is 9.59 Å². The van der Waals surface area contributed by atoms with Crippen molar-refractivity contribution in [2.75, 3.05) is 4.90 Å². The lowest BCUT2D eigenvalue weighted by molar-refractivity contribution is -0.119. The molecule has 1 atom stereocenters. The largest absolute Gasteiger partial charge is 0.269 e. The monoisotopic (exact) mass is 339 g/mol. The Morgan fingerprint density at radius 3 is 2.29 bits per heavy atom. The lowest BCUT2D eigenvalue weighted by Gasteiger charge is -2.15. The van der Waals surface area contributed by atoms with Gasteiger partial charge in [0.25, 0.3) is 11.8 Å². The van der Waals surface area contributed by atoms with E-state index in [1.807, 2.05) is 30.3 Å². The number of amides is 2. The Balaban J connectivity index is 1.84. The van der Waals surface area contributed by atoms with Crippen LogP contribution in [-0.4, -0.2) is 11.8 Å². The summed E-state index contributed by atoms with van der Waals surface area (Å²) in [7, 11) is 0. The van der Waals surface area contributed by atoms with Crippen LogP contribution in [0.15, 0.2) is 54.6 Å². The number of nitrogens with zero attached hydrogens (tertiary/aromatic N) is 1. The van der Waals surface area contributed by atoms with Crippen LogP contribution in [0.25, 0.3) is 11.1 Å². The standard InChI is InChI=1S/C17H10BrNO2/c18-17-13-4-2-1-3-11(13)12-6-5-10(9-14(12)17)19-15(20)7-8-16(19)21/h1-9,17H/t17-/m0/s1. The molecule has 0 unspecified atom stereocenters. The highest BCUT2D eigenvalue weighted by molar-refractivity contribution is 9.09. The zero-order valence-electron chi connectivity index (χ0n) is 10.9. The average Bonchev–Trinajstić information content (AvgIpc) is 2.98. The van der Waals surface area contributed by atoms with Crippen molar-refractivity contribution in [3.63, 3.8) is 0 Å². The van der Waals surface area contributed by atoms with E-state index in [4.69, 9.17) is 0 Å². The van der Waals surface area contributed by atoms with Gasteiger partial charge in [0.1, 0.15) is 0 Å². The van der Waals surface area contributed by atoms with E-state index in [2.05, 4.69) is 28.1 Å². The zero-order chi connectivity index (χ0) is 14.6. The fraction of sp³-hybridized carbons (Fsp3) is 0.0588. The number of anilines is 1. The molecule has 0 saturated carbocycles. The topological polar surface area (TPSA) is 37.4 Å². The van der Waals surface area contributed by atoms with Crippen molar-refractivity contribution in [3.8, 4) is 11.1 Å². The number of benzene rings is 2. The quantitative estimate of drug-likeness (QED) is 0.588. The van der Waals surface area contributed by atoms with Crippen LogP contribution in [0.1, 0.15) is 16.0 Å². The summed E-state index contributed by atoms with van der Waals surface area (Å²) >= 11 is 3.70. The smallest absolute Gasteiger partial charge is 0.258 e. The Kier molecular flexibility index (Phi) is 2.62. The molecule has 0 fully saturated rings. The first-order chi connectivity index (χ1) is 10.2. The Bertz CT molecular complexity index is 807. The highest BCUT2D eigenvalue weighted by Crippen LogP contribution is 2.48. The van der Waals surface area contributed by atoms with Gasteiger partial charge in [-0.1, -0.05) is 46.3 Å². The second-order valence-corrected chi connectivity index (χ2v) is 5.98. The summed E-state index contributed by atoms with van der Waals surface area (Å²) < 4.78 is 0. The van der Waals surface area contributed by atoms with Crippen LogP contribution in [0.4, 0.5) is 5.69 Å². The van der Waals surface area contributed by atoms with Gasteiger partial charge in [0.15, 0.2) is 0 Å². The van der Waals surface area contributed by atoms with Crippen molar-refractivity contribution >= 4 is 33.4 Å². The molecule has 3 nitrogen and oxygen atoms in total. The van der Waals surface area contributed by atoms with E-state index in [0.717, 1.165) is 11.1 Å². The lowest BCUT2D eigenvalue weighted by atomic mass is 10.1. The summed E-state index contributed by atoms with van der Waals surface area (Å²) in [6.45, 7) is 0. The summed E-state index contributed by atoms with van der Waals surface area (Å²) in [5.74, 6) is -0.580. The van der Waals surface area contributed by atoms with E-state index >= 15 is 0 Å². The van der Waals surface area contributed by atoms with Crippen molar-refractivity contribution in [1.82, 2.24) is 0 Å². The molecule has 1 aliphatic heterocycles. The predicted octanol–water partition coefficient (Wildman–Crippen LogP) is 3.58. The van der Waals surface area contributed by atoms with E-state index in [9.17, 15) is 9.59 Å². The molecule has 2 aromatic rings. The Morgan fingerprint density at radius 1 is 0.857 bits per heavy atom. The Labute approximate surface area is 130 Å². The molecule has 0 N–H and O–H groups in total. The number of halogens is 1. The first-order valence-electron chi connectivity index (χ1n) is 6.60. The van der Waals surface area contributed by atoms with E-state index in [1.54, 1.807) is 0 Å². The maximum absolute atomic E-state index is 11.8. The molecule has 0 bridgehead atoms. The average molecular weight is 340 g/mol. The predicted molar refractivity (Wildman–Crippen MR) is 84.3 cm³/mol. The third-order valence-corrected chi connectivity index (χ3v) is 4.89. The van der Waals surface area contributed by atoms with E-state index in [-0.39, 0.29) is 16.6 Å². The first-order valence-corrected chi connectivity index (χ1v) is 7.52. The molecule has 4 rings (SSSR count). The van der Waals surface area contributed by atoms with Gasteiger partial charge in [0, 0.05) is 12.2 Å². The molecule has 2 aromatic carbocycles. The molecule has 21 heavy (non-hydrogen) atoms. The van der Waals surface area contributed by atoms with E-state index in [0.29, 0.717) is 5.69 Å². The summed E-state index contributed by atoms with van der Waals surface area (Å²) in [5.41, 5.74) is 5.25. The van der Waals surface area contributed by atoms with Gasteiger partial charge in [-0.3, -0.25) is 9.59 Å². The van der Waals surface area contributed by atoms with Gasteiger partial charge in [-0.2, -0.15) is 0 Å². The summed E-state index contributed by atoms with van der Waals surface area (Å²) in [5, 5.41) is 0. The van der Waals surface area contributed by atoms with Crippen LogP contribution in [0.3, 0.4) is 0 Å². The van der Waals surface area contributed by atoms with Crippen LogP contribution >= 0.6 is 15.9 Å². The van der Waals surface area contributed by atoms with Gasteiger partial charge in [0.2, 0.25) is 0 Å². The van der Waals surface area contributed by atoms with Crippen molar-refractivity contribution in [2.24, 2.45) is 0 Å². The van der Waals surface area contributed by atoms with Crippen LogP contribution in [0.5, 0.6) is 0 Å². The number of rotatable bonds is 1. The molecule has 0 saturated heterocycles. The normalized spacial score (nSPS) is 19.1. The van der Waals surface area contributed by atoms with Gasteiger partial charge in [-0.05, 0) is 34.4 Å². The van der Waals surface area contributed by atoms with Gasteiger partial charge >= 0.3 is 0 Å². The number of carbonyl (C=O) groups excluding carboxylic acids is 2. The van der Waals surface area contributed by atoms with Gasteiger partial charge < -0.3 is 0 Å². The molecule has 1 heterocycles. The number of imide groups is 1. The van der Waals surface area contributed by atoms with E-state index in [1.165, 1.54) is 28.2 Å². The minimum atomic E-state index is -0.290. The molecular weight excluding hydrogens is 330 g/mol. The third-order valence-electron chi connectivity index (χ3n) is 3.90. The third kappa shape index (κ3) is 1.72. The molecule has 4 heteroatoms. The zero-order valence-corrected chi connectivity index (χ0v) is 12.5. The Hall–Kier alpha value is -2.20. The maximum atomic E-state index is 11.8. The second-order valence-electron chi connectivity index (χ2n) is 5.07. The first kappa shape index (κ1) is 12.5. The van der Waals surface area contributed by atoms with Gasteiger partial charge in [0.05, 0.1) is 10.5 Å². The maximum Gasteiger partial charge on any atom is 0.258 e. The molecule has 102 valence electrons. The summed E-state index contributed by atoms with van der Waals surface area (Å²) in [6, 6.07) is 13.9. The Morgan fingerprint density at radius 2 is 1.52 bits per heavy atom. The summed E-state index contributed by atoms with van der Waals surface area (Å²) in [6.07, 6.45) is 2.60. The van der Waals surface area contributed by atoms with Gasteiger partial charge in [-0.25, -0.2) is 4.90 Å². The van der Waals surface area contributed by atoms with Crippen molar-refractivity contribution in [2.45, 2.75) is 4.83 Å². The number of alkyl halides is 1. The molecular formula is C17H10BrNO2. The van der Waals surface area contributed by atoms with Crippen LogP contribution in [0, 0.1) is 0 Å².